The number of alkyl halides is 1. The number of halogens is 1. The molecule has 1 heterocycles. The first-order valence-corrected chi connectivity index (χ1v) is 5.09. The lowest BCUT2D eigenvalue weighted by Gasteiger charge is -2.01. The van der Waals surface area contributed by atoms with Crippen LogP contribution >= 0.6 is 11.6 Å². The van der Waals surface area contributed by atoms with Gasteiger partial charge in [-0.05, 0) is 19.1 Å². The van der Waals surface area contributed by atoms with Gasteiger partial charge in [-0.25, -0.2) is 0 Å². The number of hydrogen-bond donors (Lipinski definition) is 1. The van der Waals surface area contributed by atoms with E-state index in [0.717, 1.165) is 0 Å². The first-order chi connectivity index (χ1) is 7.15. The van der Waals surface area contributed by atoms with Crippen molar-refractivity contribution in [1.29, 1.82) is 0 Å². The smallest absolute Gasteiger partial charge is 0.287 e. The molecule has 84 valence electrons. The molecule has 0 fully saturated rings. The predicted octanol–water partition coefficient (Wildman–Crippen LogP) is 1.96. The van der Waals surface area contributed by atoms with Gasteiger partial charge < -0.3 is 14.5 Å². The molecule has 1 aromatic heterocycles. The molecule has 0 aliphatic heterocycles. The van der Waals surface area contributed by atoms with Crippen LogP contribution in [-0.4, -0.2) is 26.2 Å². The van der Waals surface area contributed by atoms with E-state index in [1.54, 1.807) is 26.2 Å². The van der Waals surface area contributed by atoms with Gasteiger partial charge in [0.05, 0.1) is 12.0 Å². The average Bonchev–Trinajstić information content (AvgIpc) is 2.66. The molecule has 1 aromatic rings. The zero-order valence-corrected chi connectivity index (χ0v) is 9.50. The Bertz CT molecular complexity index is 322. The summed E-state index contributed by atoms with van der Waals surface area (Å²) < 4.78 is 10.1. The van der Waals surface area contributed by atoms with Crippen molar-refractivity contribution in [3.63, 3.8) is 0 Å². The molecule has 0 aromatic carbocycles. The number of ether oxygens (including phenoxy) is 1. The van der Waals surface area contributed by atoms with Crippen LogP contribution in [0.4, 0.5) is 0 Å². The molecule has 0 aliphatic carbocycles. The van der Waals surface area contributed by atoms with Gasteiger partial charge in [0.25, 0.3) is 5.91 Å². The van der Waals surface area contributed by atoms with Crippen molar-refractivity contribution in [2.45, 2.75) is 12.3 Å². The summed E-state index contributed by atoms with van der Waals surface area (Å²) in [5.41, 5.74) is 0. The van der Waals surface area contributed by atoms with E-state index in [9.17, 15) is 4.79 Å². The van der Waals surface area contributed by atoms with Crippen LogP contribution in [0.1, 0.15) is 28.6 Å². The summed E-state index contributed by atoms with van der Waals surface area (Å²) in [5.74, 6) is 0.609. The normalized spacial score (nSPS) is 12.5. The number of rotatable bonds is 5. The Morgan fingerprint density at radius 2 is 2.40 bits per heavy atom. The molecule has 0 bridgehead atoms. The van der Waals surface area contributed by atoms with Gasteiger partial charge in [-0.15, -0.1) is 11.6 Å². The summed E-state index contributed by atoms with van der Waals surface area (Å²) in [4.78, 5) is 11.5. The van der Waals surface area contributed by atoms with Crippen LogP contribution < -0.4 is 5.32 Å². The van der Waals surface area contributed by atoms with Crippen molar-refractivity contribution in [3.05, 3.63) is 23.7 Å². The molecule has 5 heteroatoms. The highest BCUT2D eigenvalue weighted by molar-refractivity contribution is 6.20. The van der Waals surface area contributed by atoms with Crippen molar-refractivity contribution in [1.82, 2.24) is 5.32 Å². The van der Waals surface area contributed by atoms with Crippen LogP contribution in [0, 0.1) is 0 Å². The number of methoxy groups -OCH3 is 1. The fourth-order valence-electron chi connectivity index (χ4n) is 1.04. The molecule has 15 heavy (non-hydrogen) atoms. The monoisotopic (exact) mass is 231 g/mol. The van der Waals surface area contributed by atoms with Crippen LogP contribution in [0.15, 0.2) is 16.5 Å². The molecule has 0 aliphatic rings. The number of furan rings is 1. The molecule has 0 saturated heterocycles. The lowest BCUT2D eigenvalue weighted by molar-refractivity contribution is 0.0908. The third-order valence-electron chi connectivity index (χ3n) is 1.83. The topological polar surface area (TPSA) is 51.5 Å². The van der Waals surface area contributed by atoms with Crippen LogP contribution in [0.2, 0.25) is 0 Å². The van der Waals surface area contributed by atoms with Crippen molar-refractivity contribution < 1.29 is 13.9 Å². The van der Waals surface area contributed by atoms with E-state index in [1.165, 1.54) is 0 Å². The Kier molecular flexibility index (Phi) is 4.65. The fourth-order valence-corrected chi connectivity index (χ4v) is 1.16. The zero-order valence-electron chi connectivity index (χ0n) is 8.75. The highest BCUT2D eigenvalue weighted by Crippen LogP contribution is 2.21. The molecule has 1 N–H and O–H groups in total. The first-order valence-electron chi connectivity index (χ1n) is 4.66. The summed E-state index contributed by atoms with van der Waals surface area (Å²) in [7, 11) is 1.58. The Morgan fingerprint density at radius 3 is 2.93 bits per heavy atom. The highest BCUT2D eigenvalue weighted by Gasteiger charge is 2.12. The van der Waals surface area contributed by atoms with Crippen molar-refractivity contribution in [2.24, 2.45) is 0 Å². The largest absolute Gasteiger partial charge is 0.454 e. The predicted molar refractivity (Wildman–Crippen MR) is 57.2 cm³/mol. The fraction of sp³-hybridized carbons (Fsp3) is 0.500. The van der Waals surface area contributed by atoms with Crippen LogP contribution in [0.3, 0.4) is 0 Å². The van der Waals surface area contributed by atoms with Crippen molar-refractivity contribution in [3.8, 4) is 0 Å². The van der Waals surface area contributed by atoms with E-state index in [-0.39, 0.29) is 17.0 Å². The average molecular weight is 232 g/mol. The summed E-state index contributed by atoms with van der Waals surface area (Å²) in [6.07, 6.45) is 0. The second-order valence-electron chi connectivity index (χ2n) is 3.07. The number of amides is 1. The van der Waals surface area contributed by atoms with E-state index in [2.05, 4.69) is 5.32 Å². The third kappa shape index (κ3) is 3.57. The molecule has 1 unspecified atom stereocenters. The van der Waals surface area contributed by atoms with E-state index in [1.807, 2.05) is 0 Å². The molecule has 1 amide bonds. The Balaban J connectivity index is 2.51. The van der Waals surface area contributed by atoms with Crippen LogP contribution in [0.25, 0.3) is 0 Å². The van der Waals surface area contributed by atoms with Gasteiger partial charge in [0, 0.05) is 13.7 Å². The van der Waals surface area contributed by atoms with E-state index in [0.29, 0.717) is 18.9 Å². The lowest BCUT2D eigenvalue weighted by atomic mass is 10.3. The Labute approximate surface area is 93.5 Å². The summed E-state index contributed by atoms with van der Waals surface area (Å²) in [6, 6.07) is 3.30. The Morgan fingerprint density at radius 1 is 1.67 bits per heavy atom. The molecule has 1 rings (SSSR count). The number of hydrogen-bond acceptors (Lipinski definition) is 3. The van der Waals surface area contributed by atoms with Gasteiger partial charge in [-0.1, -0.05) is 0 Å². The molecular weight excluding hydrogens is 218 g/mol. The molecule has 0 saturated carbocycles. The minimum Gasteiger partial charge on any atom is -0.454 e. The summed E-state index contributed by atoms with van der Waals surface area (Å²) >= 11 is 5.80. The van der Waals surface area contributed by atoms with E-state index in [4.69, 9.17) is 20.8 Å². The van der Waals surface area contributed by atoms with Gasteiger partial charge in [0.2, 0.25) is 0 Å². The number of carbonyl (C=O) groups excluding carboxylic acids is 1. The van der Waals surface area contributed by atoms with Gasteiger partial charge in [-0.2, -0.15) is 0 Å². The summed E-state index contributed by atoms with van der Waals surface area (Å²) in [6.45, 7) is 2.72. The van der Waals surface area contributed by atoms with Gasteiger partial charge >= 0.3 is 0 Å². The summed E-state index contributed by atoms with van der Waals surface area (Å²) in [5, 5.41) is 2.42. The lowest BCUT2D eigenvalue weighted by Crippen LogP contribution is -2.26. The van der Waals surface area contributed by atoms with Crippen LogP contribution in [-0.2, 0) is 4.74 Å². The SMILES string of the molecule is COCCNC(=O)c1ccc(C(C)Cl)o1. The zero-order chi connectivity index (χ0) is 11.3. The maximum atomic E-state index is 11.5. The van der Waals surface area contributed by atoms with E-state index < -0.39 is 0 Å². The quantitative estimate of drug-likeness (QED) is 0.623. The second-order valence-corrected chi connectivity index (χ2v) is 3.72. The number of nitrogens with one attached hydrogen (secondary N) is 1. The standard InChI is InChI=1S/C10H14ClNO3/c1-7(11)8-3-4-9(15-8)10(13)12-5-6-14-2/h3-4,7H,5-6H2,1-2H3,(H,12,13). The van der Waals surface area contributed by atoms with Crippen molar-refractivity contribution >= 4 is 17.5 Å². The van der Waals surface area contributed by atoms with Gasteiger partial charge in [-0.3, -0.25) is 4.79 Å². The molecule has 0 radical (unpaired) electrons. The van der Waals surface area contributed by atoms with Gasteiger partial charge in [0.15, 0.2) is 5.76 Å². The molecule has 4 nitrogen and oxygen atoms in total. The van der Waals surface area contributed by atoms with Gasteiger partial charge in [0.1, 0.15) is 5.76 Å². The Hall–Kier alpha value is -1.00. The number of carbonyl (C=O) groups is 1. The maximum Gasteiger partial charge on any atom is 0.287 e. The molecular formula is C10H14ClNO3. The second kappa shape index (κ2) is 5.78. The van der Waals surface area contributed by atoms with E-state index >= 15 is 0 Å². The highest BCUT2D eigenvalue weighted by atomic mass is 35.5. The molecule has 1 atom stereocenters. The minimum atomic E-state index is -0.254. The molecule has 0 spiro atoms. The first kappa shape index (κ1) is 12.1. The maximum absolute atomic E-state index is 11.5. The van der Waals surface area contributed by atoms with Crippen LogP contribution in [0.5, 0.6) is 0 Å². The minimum absolute atomic E-state index is 0.231. The van der Waals surface area contributed by atoms with Crippen molar-refractivity contribution in [2.75, 3.05) is 20.3 Å². The third-order valence-corrected chi connectivity index (χ3v) is 2.05.